The topological polar surface area (TPSA) is 66.7 Å². The molecule has 0 saturated carbocycles. The summed E-state index contributed by atoms with van der Waals surface area (Å²) in [5.74, 6) is 1.76. The van der Waals surface area contributed by atoms with E-state index in [0.29, 0.717) is 12.6 Å². The SMILES string of the molecule is CN=C(NCc1nccn1Cc1ccccc1)NCC(c1cccs1)N1CCOCC1.I. The van der Waals surface area contributed by atoms with Crippen molar-refractivity contribution in [1.29, 1.82) is 0 Å². The van der Waals surface area contributed by atoms with Gasteiger partial charge in [0, 0.05) is 50.5 Å². The maximum atomic E-state index is 5.54. The van der Waals surface area contributed by atoms with Crippen LogP contribution in [0.2, 0.25) is 0 Å². The van der Waals surface area contributed by atoms with Crippen molar-refractivity contribution in [3.05, 3.63) is 76.5 Å². The lowest BCUT2D eigenvalue weighted by Crippen LogP contribution is -2.46. The van der Waals surface area contributed by atoms with Crippen LogP contribution in [0.25, 0.3) is 0 Å². The summed E-state index contributed by atoms with van der Waals surface area (Å²) in [4.78, 5) is 12.8. The molecule has 172 valence electrons. The van der Waals surface area contributed by atoms with Crippen LogP contribution < -0.4 is 10.6 Å². The van der Waals surface area contributed by atoms with Crippen molar-refractivity contribution in [3.63, 3.8) is 0 Å². The average molecular weight is 567 g/mol. The number of rotatable bonds is 8. The molecule has 4 rings (SSSR count). The van der Waals surface area contributed by atoms with Crippen LogP contribution in [-0.2, 0) is 17.8 Å². The second kappa shape index (κ2) is 12.9. The van der Waals surface area contributed by atoms with E-state index in [1.807, 2.05) is 18.5 Å². The minimum atomic E-state index is 0. The molecule has 0 radical (unpaired) electrons. The molecular formula is C23H31IN6OS. The average Bonchev–Trinajstić information content (AvgIpc) is 3.50. The van der Waals surface area contributed by atoms with E-state index in [2.05, 4.69) is 71.9 Å². The number of morpholine rings is 1. The Morgan fingerprint density at radius 1 is 1.16 bits per heavy atom. The standard InChI is InChI=1S/C23H30N6OS.HI/c1-24-23(26-16-20(21-8-5-15-31-21)28-11-13-30-14-12-28)27-17-22-25-9-10-29(22)18-19-6-3-2-4-7-19;/h2-10,15,20H,11-14,16-18H2,1H3,(H2,24,26,27);1H. The Morgan fingerprint density at radius 2 is 1.97 bits per heavy atom. The number of guanidine groups is 1. The molecule has 1 aromatic carbocycles. The molecule has 0 bridgehead atoms. The van der Waals surface area contributed by atoms with Gasteiger partial charge in [0.2, 0.25) is 0 Å². The first-order valence-corrected chi connectivity index (χ1v) is 11.5. The number of thiophene rings is 1. The lowest BCUT2D eigenvalue weighted by Gasteiger charge is -2.34. The van der Waals surface area contributed by atoms with E-state index >= 15 is 0 Å². The second-order valence-corrected chi connectivity index (χ2v) is 8.42. The van der Waals surface area contributed by atoms with Crippen molar-refractivity contribution in [2.45, 2.75) is 19.1 Å². The maximum Gasteiger partial charge on any atom is 0.191 e. The van der Waals surface area contributed by atoms with Crippen LogP contribution in [0.4, 0.5) is 0 Å². The minimum absolute atomic E-state index is 0. The van der Waals surface area contributed by atoms with Gasteiger partial charge in [0.1, 0.15) is 5.82 Å². The number of nitrogens with one attached hydrogen (secondary N) is 2. The summed E-state index contributed by atoms with van der Waals surface area (Å²) in [6.45, 7) is 5.69. The Morgan fingerprint density at radius 3 is 2.69 bits per heavy atom. The fraction of sp³-hybridized carbons (Fsp3) is 0.391. The highest BCUT2D eigenvalue weighted by Gasteiger charge is 2.23. The van der Waals surface area contributed by atoms with E-state index in [1.165, 1.54) is 10.4 Å². The number of imidazole rings is 1. The molecule has 1 saturated heterocycles. The molecule has 0 aliphatic carbocycles. The van der Waals surface area contributed by atoms with E-state index in [9.17, 15) is 0 Å². The first-order chi connectivity index (χ1) is 15.3. The number of halogens is 1. The van der Waals surface area contributed by atoms with Gasteiger partial charge in [0.05, 0.1) is 25.8 Å². The first-order valence-electron chi connectivity index (χ1n) is 10.7. The molecule has 9 heteroatoms. The monoisotopic (exact) mass is 566 g/mol. The molecule has 1 atom stereocenters. The van der Waals surface area contributed by atoms with Crippen LogP contribution in [0.3, 0.4) is 0 Å². The molecule has 3 aromatic rings. The van der Waals surface area contributed by atoms with Crippen LogP contribution in [0.15, 0.2) is 65.2 Å². The van der Waals surface area contributed by atoms with Gasteiger partial charge in [-0.05, 0) is 17.0 Å². The fourth-order valence-corrected chi connectivity index (χ4v) is 4.65. The summed E-state index contributed by atoms with van der Waals surface area (Å²) >= 11 is 1.80. The largest absolute Gasteiger partial charge is 0.379 e. The molecule has 7 nitrogen and oxygen atoms in total. The van der Waals surface area contributed by atoms with E-state index in [1.54, 1.807) is 18.4 Å². The molecule has 0 spiro atoms. The summed E-state index contributed by atoms with van der Waals surface area (Å²) in [7, 11) is 1.81. The summed E-state index contributed by atoms with van der Waals surface area (Å²) in [6.07, 6.45) is 3.87. The van der Waals surface area contributed by atoms with Crippen LogP contribution in [0.5, 0.6) is 0 Å². The molecule has 1 aliphatic rings. The molecule has 1 fully saturated rings. The molecule has 1 unspecified atom stereocenters. The van der Waals surface area contributed by atoms with Crippen LogP contribution >= 0.6 is 35.3 Å². The van der Waals surface area contributed by atoms with Gasteiger partial charge in [-0.1, -0.05) is 36.4 Å². The normalized spacial score (nSPS) is 15.7. The van der Waals surface area contributed by atoms with Gasteiger partial charge in [-0.3, -0.25) is 9.89 Å². The third-order valence-corrected chi connectivity index (χ3v) is 6.43. The number of ether oxygens (including phenoxy) is 1. The minimum Gasteiger partial charge on any atom is -0.379 e. The Labute approximate surface area is 210 Å². The van der Waals surface area contributed by atoms with Crippen LogP contribution in [0.1, 0.15) is 22.3 Å². The molecule has 2 aromatic heterocycles. The molecule has 0 amide bonds. The molecule has 2 N–H and O–H groups in total. The lowest BCUT2D eigenvalue weighted by molar-refractivity contribution is 0.0177. The Kier molecular flexibility index (Phi) is 9.97. The Hall–Kier alpha value is -1.95. The highest BCUT2D eigenvalue weighted by molar-refractivity contribution is 14.0. The van der Waals surface area contributed by atoms with Crippen molar-refractivity contribution in [2.75, 3.05) is 39.9 Å². The molecule has 3 heterocycles. The molecule has 1 aliphatic heterocycles. The van der Waals surface area contributed by atoms with E-state index < -0.39 is 0 Å². The van der Waals surface area contributed by atoms with Crippen LogP contribution in [0, 0.1) is 0 Å². The van der Waals surface area contributed by atoms with Gasteiger partial charge in [-0.15, -0.1) is 35.3 Å². The van der Waals surface area contributed by atoms with Crippen molar-refractivity contribution in [2.24, 2.45) is 4.99 Å². The van der Waals surface area contributed by atoms with Gasteiger partial charge >= 0.3 is 0 Å². The van der Waals surface area contributed by atoms with Crippen molar-refractivity contribution in [3.8, 4) is 0 Å². The smallest absolute Gasteiger partial charge is 0.191 e. The van der Waals surface area contributed by atoms with Gasteiger partial charge in [-0.2, -0.15) is 0 Å². The van der Waals surface area contributed by atoms with Crippen molar-refractivity contribution in [1.82, 2.24) is 25.1 Å². The number of hydrogen-bond donors (Lipinski definition) is 2. The summed E-state index contributed by atoms with van der Waals surface area (Å²) in [5, 5.41) is 9.07. The highest BCUT2D eigenvalue weighted by Crippen LogP contribution is 2.25. The Balaban J connectivity index is 0.00000289. The lowest BCUT2D eigenvalue weighted by atomic mass is 10.2. The predicted molar refractivity (Wildman–Crippen MR) is 141 cm³/mol. The quantitative estimate of drug-likeness (QED) is 0.249. The summed E-state index contributed by atoms with van der Waals surface area (Å²) < 4.78 is 7.71. The molecular weight excluding hydrogens is 535 g/mol. The number of aromatic nitrogens is 2. The zero-order valence-corrected chi connectivity index (χ0v) is 21.5. The number of nitrogens with zero attached hydrogens (tertiary/aromatic N) is 4. The zero-order chi connectivity index (χ0) is 21.3. The summed E-state index contributed by atoms with van der Waals surface area (Å²) in [5.41, 5.74) is 1.26. The van der Waals surface area contributed by atoms with E-state index in [-0.39, 0.29) is 24.0 Å². The number of aliphatic imine (C=N–C) groups is 1. The van der Waals surface area contributed by atoms with Crippen molar-refractivity contribution >= 4 is 41.3 Å². The van der Waals surface area contributed by atoms with Gasteiger partial charge < -0.3 is 19.9 Å². The predicted octanol–water partition coefficient (Wildman–Crippen LogP) is 3.35. The number of hydrogen-bond acceptors (Lipinski definition) is 5. The van der Waals surface area contributed by atoms with Gasteiger partial charge in [-0.25, -0.2) is 4.98 Å². The third kappa shape index (κ3) is 6.77. The first kappa shape index (κ1) is 24.7. The zero-order valence-electron chi connectivity index (χ0n) is 18.3. The van der Waals surface area contributed by atoms with Gasteiger partial charge in [0.25, 0.3) is 0 Å². The highest BCUT2D eigenvalue weighted by atomic mass is 127. The van der Waals surface area contributed by atoms with E-state index in [4.69, 9.17) is 4.74 Å². The van der Waals surface area contributed by atoms with Gasteiger partial charge in [0.15, 0.2) is 5.96 Å². The maximum absolute atomic E-state index is 5.54. The fourth-order valence-electron chi connectivity index (χ4n) is 3.79. The third-order valence-electron chi connectivity index (χ3n) is 5.46. The number of benzene rings is 1. The van der Waals surface area contributed by atoms with Crippen LogP contribution in [-0.4, -0.2) is 60.3 Å². The Bertz CT molecular complexity index is 941. The molecule has 32 heavy (non-hydrogen) atoms. The second-order valence-electron chi connectivity index (χ2n) is 7.44. The summed E-state index contributed by atoms with van der Waals surface area (Å²) in [6, 6.07) is 15.1. The van der Waals surface area contributed by atoms with E-state index in [0.717, 1.165) is 51.2 Å². The van der Waals surface area contributed by atoms with Crippen molar-refractivity contribution < 1.29 is 4.74 Å².